The maximum atomic E-state index is 8.78. The van der Waals surface area contributed by atoms with Gasteiger partial charge in [0.25, 0.3) is 0 Å². The Kier molecular flexibility index (Phi) is 5.18. The molecule has 1 fully saturated rings. The van der Waals surface area contributed by atoms with Gasteiger partial charge >= 0.3 is 0 Å². The van der Waals surface area contributed by atoms with E-state index in [2.05, 4.69) is 28.6 Å². The molecule has 1 aliphatic rings. The molecule has 21 heavy (non-hydrogen) atoms. The van der Waals surface area contributed by atoms with Crippen LogP contribution in [-0.2, 0) is 11.3 Å². The minimum atomic E-state index is -0.0912. The maximum Gasteiger partial charge on any atom is 0.191 e. The van der Waals surface area contributed by atoms with Crippen molar-refractivity contribution in [2.45, 2.75) is 31.9 Å². The average molecular weight is 286 g/mol. The van der Waals surface area contributed by atoms with E-state index >= 15 is 0 Å². The van der Waals surface area contributed by atoms with Crippen LogP contribution in [-0.4, -0.2) is 31.8 Å². The monoisotopic (exact) mass is 286 g/mol. The van der Waals surface area contributed by atoms with Crippen molar-refractivity contribution in [2.24, 2.45) is 4.99 Å². The number of hydrogen-bond acceptors (Lipinski definition) is 3. The zero-order valence-electron chi connectivity index (χ0n) is 12.6. The summed E-state index contributed by atoms with van der Waals surface area (Å²) in [5.74, 6) is 0.760. The second-order valence-electron chi connectivity index (χ2n) is 5.49. The Morgan fingerprint density at radius 1 is 1.38 bits per heavy atom. The summed E-state index contributed by atoms with van der Waals surface area (Å²) < 4.78 is 5.75. The molecular weight excluding hydrogens is 264 g/mol. The van der Waals surface area contributed by atoms with Crippen LogP contribution in [0.25, 0.3) is 0 Å². The van der Waals surface area contributed by atoms with Crippen LogP contribution < -0.4 is 10.6 Å². The molecule has 1 aromatic carbocycles. The zero-order valence-corrected chi connectivity index (χ0v) is 12.6. The molecule has 0 bridgehead atoms. The topological polar surface area (TPSA) is 69.4 Å². The van der Waals surface area contributed by atoms with Gasteiger partial charge in [-0.05, 0) is 37.5 Å². The molecule has 0 aromatic heterocycles. The van der Waals surface area contributed by atoms with Crippen LogP contribution in [0.15, 0.2) is 29.3 Å². The van der Waals surface area contributed by atoms with E-state index in [-0.39, 0.29) is 5.60 Å². The molecular formula is C16H22N4O. The van der Waals surface area contributed by atoms with Gasteiger partial charge in [0.2, 0.25) is 0 Å². The molecule has 2 rings (SSSR count). The standard InChI is InChI=1S/C16H22N4O/c1-16(8-3-9-21-16)12-20-15(18-2)19-11-14-6-4-13(10-17)5-7-14/h4-7H,3,8-9,11-12H2,1-2H3,(H2,18,19,20). The summed E-state index contributed by atoms with van der Waals surface area (Å²) in [6, 6.07) is 9.64. The highest BCUT2D eigenvalue weighted by atomic mass is 16.5. The van der Waals surface area contributed by atoms with Gasteiger partial charge in [-0.3, -0.25) is 4.99 Å². The lowest BCUT2D eigenvalue weighted by Crippen LogP contribution is -2.45. The summed E-state index contributed by atoms with van der Waals surface area (Å²) in [6.45, 7) is 4.39. The molecule has 1 unspecified atom stereocenters. The van der Waals surface area contributed by atoms with Crippen LogP contribution in [0.3, 0.4) is 0 Å². The Bertz CT molecular complexity index is 524. The van der Waals surface area contributed by atoms with Crippen molar-refractivity contribution in [1.82, 2.24) is 10.6 Å². The average Bonchev–Trinajstić information content (AvgIpc) is 2.95. The summed E-state index contributed by atoms with van der Waals surface area (Å²) in [5, 5.41) is 15.3. The summed E-state index contributed by atoms with van der Waals surface area (Å²) >= 11 is 0. The second-order valence-corrected chi connectivity index (χ2v) is 5.49. The molecule has 0 saturated carbocycles. The van der Waals surface area contributed by atoms with E-state index in [9.17, 15) is 0 Å². The van der Waals surface area contributed by atoms with Crippen molar-refractivity contribution in [3.8, 4) is 6.07 Å². The smallest absolute Gasteiger partial charge is 0.191 e. The predicted octanol–water partition coefficient (Wildman–Crippen LogP) is 1.79. The van der Waals surface area contributed by atoms with Gasteiger partial charge in [-0.1, -0.05) is 12.1 Å². The third-order valence-corrected chi connectivity index (χ3v) is 3.70. The predicted molar refractivity (Wildman–Crippen MR) is 82.9 cm³/mol. The van der Waals surface area contributed by atoms with Crippen molar-refractivity contribution in [3.63, 3.8) is 0 Å². The number of nitriles is 1. The Morgan fingerprint density at radius 3 is 2.71 bits per heavy atom. The van der Waals surface area contributed by atoms with Crippen LogP contribution >= 0.6 is 0 Å². The summed E-state index contributed by atoms with van der Waals surface area (Å²) in [4.78, 5) is 4.22. The van der Waals surface area contributed by atoms with Crippen molar-refractivity contribution >= 4 is 5.96 Å². The highest BCUT2D eigenvalue weighted by Gasteiger charge is 2.29. The molecule has 1 saturated heterocycles. The van der Waals surface area contributed by atoms with E-state index in [1.54, 1.807) is 7.05 Å². The normalized spacial score (nSPS) is 21.9. The maximum absolute atomic E-state index is 8.78. The van der Waals surface area contributed by atoms with Gasteiger partial charge in [0, 0.05) is 26.7 Å². The molecule has 0 spiro atoms. The van der Waals surface area contributed by atoms with E-state index in [0.717, 1.165) is 37.5 Å². The first-order chi connectivity index (χ1) is 10.1. The Labute approximate surface area is 126 Å². The van der Waals surface area contributed by atoms with Gasteiger partial charge in [0.05, 0.1) is 17.2 Å². The quantitative estimate of drug-likeness (QED) is 0.654. The molecule has 5 heteroatoms. The number of rotatable bonds is 4. The highest BCUT2D eigenvalue weighted by Crippen LogP contribution is 2.23. The van der Waals surface area contributed by atoms with Gasteiger partial charge in [0.15, 0.2) is 5.96 Å². The summed E-state index contributed by atoms with van der Waals surface area (Å²) in [5.41, 5.74) is 1.69. The van der Waals surface area contributed by atoms with Crippen LogP contribution in [0.4, 0.5) is 0 Å². The number of nitrogens with one attached hydrogen (secondary N) is 2. The molecule has 0 aliphatic carbocycles. The van der Waals surface area contributed by atoms with Crippen LogP contribution in [0, 0.1) is 11.3 Å². The lowest BCUT2D eigenvalue weighted by atomic mass is 10.0. The number of hydrogen-bond donors (Lipinski definition) is 2. The molecule has 112 valence electrons. The van der Waals surface area contributed by atoms with Gasteiger partial charge in [-0.25, -0.2) is 0 Å². The first-order valence-corrected chi connectivity index (χ1v) is 7.23. The SMILES string of the molecule is CN=C(NCc1ccc(C#N)cc1)NCC1(C)CCCO1. The number of nitrogens with zero attached hydrogens (tertiary/aromatic N) is 2. The summed E-state index contributed by atoms with van der Waals surface area (Å²) in [7, 11) is 1.76. The van der Waals surface area contributed by atoms with E-state index < -0.39 is 0 Å². The Balaban J connectivity index is 1.81. The van der Waals surface area contributed by atoms with Crippen LogP contribution in [0.1, 0.15) is 30.9 Å². The van der Waals surface area contributed by atoms with E-state index in [4.69, 9.17) is 10.00 Å². The van der Waals surface area contributed by atoms with Gasteiger partial charge < -0.3 is 15.4 Å². The first-order valence-electron chi connectivity index (χ1n) is 7.23. The van der Waals surface area contributed by atoms with Gasteiger partial charge in [0.1, 0.15) is 0 Å². The third kappa shape index (κ3) is 4.47. The first kappa shape index (κ1) is 15.3. The lowest BCUT2D eigenvalue weighted by molar-refractivity contribution is 0.0243. The van der Waals surface area contributed by atoms with Crippen molar-refractivity contribution in [2.75, 3.05) is 20.2 Å². The zero-order chi connectivity index (χ0) is 15.1. The van der Waals surface area contributed by atoms with Crippen LogP contribution in [0.5, 0.6) is 0 Å². The Morgan fingerprint density at radius 2 is 2.14 bits per heavy atom. The fraction of sp³-hybridized carbons (Fsp3) is 0.500. The highest BCUT2D eigenvalue weighted by molar-refractivity contribution is 5.79. The molecule has 1 heterocycles. The minimum absolute atomic E-state index is 0.0912. The molecule has 0 amide bonds. The Hall–Kier alpha value is -2.06. The fourth-order valence-electron chi connectivity index (χ4n) is 2.35. The number of benzene rings is 1. The van der Waals surface area contributed by atoms with E-state index in [1.165, 1.54) is 0 Å². The number of guanidine groups is 1. The van der Waals surface area contributed by atoms with Gasteiger partial charge in [-0.2, -0.15) is 5.26 Å². The fourth-order valence-corrected chi connectivity index (χ4v) is 2.35. The third-order valence-electron chi connectivity index (χ3n) is 3.70. The molecule has 1 aliphatic heterocycles. The largest absolute Gasteiger partial charge is 0.373 e. The molecule has 1 atom stereocenters. The summed E-state index contributed by atoms with van der Waals surface area (Å²) in [6.07, 6.45) is 2.20. The molecule has 0 radical (unpaired) electrons. The van der Waals surface area contributed by atoms with Crippen molar-refractivity contribution in [1.29, 1.82) is 5.26 Å². The lowest BCUT2D eigenvalue weighted by Gasteiger charge is -2.24. The number of aliphatic imine (C=N–C) groups is 1. The molecule has 1 aromatic rings. The van der Waals surface area contributed by atoms with Gasteiger partial charge in [-0.15, -0.1) is 0 Å². The van der Waals surface area contributed by atoms with Crippen LogP contribution in [0.2, 0.25) is 0 Å². The molecule has 5 nitrogen and oxygen atoms in total. The minimum Gasteiger partial charge on any atom is -0.373 e. The van der Waals surface area contributed by atoms with E-state index in [0.29, 0.717) is 12.1 Å². The van der Waals surface area contributed by atoms with E-state index in [1.807, 2.05) is 24.3 Å². The van der Waals surface area contributed by atoms with Crippen molar-refractivity contribution in [3.05, 3.63) is 35.4 Å². The second kappa shape index (κ2) is 7.09. The van der Waals surface area contributed by atoms with Crippen molar-refractivity contribution < 1.29 is 4.74 Å². The molecule has 2 N–H and O–H groups in total. The number of ether oxygens (including phenoxy) is 1.